The van der Waals surface area contributed by atoms with Crippen LogP contribution in [0.5, 0.6) is 0 Å². The Labute approximate surface area is 307 Å². The van der Waals surface area contributed by atoms with Crippen molar-refractivity contribution in [2.24, 2.45) is 0 Å². The van der Waals surface area contributed by atoms with Crippen molar-refractivity contribution in [2.45, 2.75) is 64.4 Å². The molecule has 2 aromatic carbocycles. The molecule has 0 amide bonds. The van der Waals surface area contributed by atoms with Gasteiger partial charge in [-0.15, -0.1) is 0 Å². The molecule has 20 heteroatoms. The van der Waals surface area contributed by atoms with E-state index in [-0.39, 0.29) is 42.6 Å². The van der Waals surface area contributed by atoms with Crippen molar-refractivity contribution in [1.29, 1.82) is 0 Å². The smallest absolute Gasteiger partial charge is 0.423 e. The molecule has 0 bridgehead atoms. The van der Waals surface area contributed by atoms with E-state index < -0.39 is 62.2 Å². The van der Waals surface area contributed by atoms with Gasteiger partial charge in [0.15, 0.2) is 0 Å². The van der Waals surface area contributed by atoms with Crippen LogP contribution in [0.25, 0.3) is 12.2 Å². The number of allylic oxidation sites excluding steroid dienone is 2. The maximum atomic E-state index is 13.0. The number of nitro groups is 2. The van der Waals surface area contributed by atoms with E-state index in [0.29, 0.717) is 23.5 Å². The van der Waals surface area contributed by atoms with Gasteiger partial charge in [0, 0.05) is 44.0 Å². The number of carbonyl (C=O) groups is 3. The van der Waals surface area contributed by atoms with E-state index in [1.165, 1.54) is 31.0 Å². The highest BCUT2D eigenvalue weighted by molar-refractivity contribution is 5.83. The van der Waals surface area contributed by atoms with Gasteiger partial charge in [-0.3, -0.25) is 29.8 Å². The van der Waals surface area contributed by atoms with Crippen LogP contribution in [0, 0.1) is 20.2 Å². The van der Waals surface area contributed by atoms with Gasteiger partial charge in [0.2, 0.25) is 0 Å². The highest BCUT2D eigenvalue weighted by Crippen LogP contribution is 2.37. The summed E-state index contributed by atoms with van der Waals surface area (Å²) in [4.78, 5) is 65.7. The molecular formula is C35H32F6N6O8. The summed E-state index contributed by atoms with van der Waals surface area (Å²) >= 11 is 0. The summed E-state index contributed by atoms with van der Waals surface area (Å²) in [5.41, 5.74) is -4.35. The quantitative estimate of drug-likeness (QED) is 0.0830. The van der Waals surface area contributed by atoms with Crippen LogP contribution in [-0.2, 0) is 39.5 Å². The number of alkyl halides is 6. The second-order valence-corrected chi connectivity index (χ2v) is 12.5. The van der Waals surface area contributed by atoms with Crippen molar-refractivity contribution in [3.05, 3.63) is 127 Å². The number of carbonyl (C=O) groups excluding carboxylic acids is 3. The first kappa shape index (κ1) is 42.9. The molecule has 1 N–H and O–H groups in total. The lowest BCUT2D eigenvalue weighted by Gasteiger charge is -2.18. The third-order valence-corrected chi connectivity index (χ3v) is 6.93. The molecule has 0 unspecified atom stereocenters. The number of halogens is 6. The van der Waals surface area contributed by atoms with Crippen molar-refractivity contribution in [1.82, 2.24) is 19.5 Å². The zero-order valence-electron chi connectivity index (χ0n) is 29.2. The average molecular weight is 779 g/mol. The number of nitrogens with zero attached hydrogens (tertiary/aromatic N) is 5. The molecule has 0 aliphatic carbocycles. The molecule has 0 aliphatic rings. The normalized spacial score (nSPS) is 12.0. The van der Waals surface area contributed by atoms with Gasteiger partial charge in [-0.2, -0.15) is 26.3 Å². The van der Waals surface area contributed by atoms with Gasteiger partial charge in [-0.1, -0.05) is 24.3 Å². The molecule has 0 saturated heterocycles. The lowest BCUT2D eigenvalue weighted by Crippen LogP contribution is -2.26. The Morgan fingerprint density at radius 3 is 1.73 bits per heavy atom. The number of nitrogens with one attached hydrogen (secondary N) is 1. The summed E-state index contributed by atoms with van der Waals surface area (Å²) in [6.07, 6.45) is 0.784. The van der Waals surface area contributed by atoms with E-state index in [0.717, 1.165) is 28.8 Å². The number of hydrogen-bond donors (Lipinski definition) is 1. The van der Waals surface area contributed by atoms with Crippen LogP contribution >= 0.6 is 0 Å². The first-order valence-corrected chi connectivity index (χ1v) is 15.8. The van der Waals surface area contributed by atoms with Gasteiger partial charge in [0.1, 0.15) is 34.6 Å². The highest BCUT2D eigenvalue weighted by atomic mass is 19.4. The predicted octanol–water partition coefficient (Wildman–Crippen LogP) is 8.36. The second kappa shape index (κ2) is 18.0. The summed E-state index contributed by atoms with van der Waals surface area (Å²) in [5.74, 6) is -0.711. The largest absolute Gasteiger partial charge is 0.443 e. The van der Waals surface area contributed by atoms with Crippen molar-refractivity contribution >= 4 is 41.2 Å². The van der Waals surface area contributed by atoms with Crippen molar-refractivity contribution < 1.29 is 55.3 Å². The SMILES string of the molecule is CC(C)(C)OC(=O)n1cnc(/C=C/CC(=O)Cc2ccc([N+](=O)[O-])c(C(F)(F)F)c2)c1.O=C(C/C=C/c1cnc[nH]1)Cc1ccc([N+](=O)[O-])c(C(F)(F)F)c1. The number of aromatic amines is 1. The fourth-order valence-electron chi connectivity index (χ4n) is 4.58. The summed E-state index contributed by atoms with van der Waals surface area (Å²) in [5, 5.41) is 21.5. The van der Waals surface area contributed by atoms with Crippen LogP contribution in [0.1, 0.15) is 67.3 Å². The van der Waals surface area contributed by atoms with Gasteiger partial charge < -0.3 is 9.72 Å². The average Bonchev–Trinajstić information content (AvgIpc) is 3.76. The summed E-state index contributed by atoms with van der Waals surface area (Å²) < 4.78 is 84.0. The van der Waals surface area contributed by atoms with E-state index in [4.69, 9.17) is 4.74 Å². The van der Waals surface area contributed by atoms with Crippen LogP contribution in [0.2, 0.25) is 0 Å². The first-order valence-electron chi connectivity index (χ1n) is 15.8. The fourth-order valence-corrected chi connectivity index (χ4v) is 4.58. The Morgan fingerprint density at radius 1 is 0.818 bits per heavy atom. The van der Waals surface area contributed by atoms with Gasteiger partial charge >= 0.3 is 18.4 Å². The number of Topliss-reactive ketones (excluding diaryl/α,β-unsaturated/α-hetero) is 2. The molecule has 2 heterocycles. The number of rotatable bonds is 12. The minimum absolute atomic E-state index is 0.0190. The van der Waals surface area contributed by atoms with E-state index >= 15 is 0 Å². The predicted molar refractivity (Wildman–Crippen MR) is 183 cm³/mol. The Hall–Kier alpha value is -6.47. The van der Waals surface area contributed by atoms with Gasteiger partial charge in [0.25, 0.3) is 11.4 Å². The van der Waals surface area contributed by atoms with E-state index in [2.05, 4.69) is 15.0 Å². The molecule has 55 heavy (non-hydrogen) atoms. The van der Waals surface area contributed by atoms with Crippen molar-refractivity contribution in [3.63, 3.8) is 0 Å². The van der Waals surface area contributed by atoms with Crippen molar-refractivity contribution in [2.75, 3.05) is 0 Å². The Kier molecular flexibility index (Phi) is 14.1. The lowest BCUT2D eigenvalue weighted by molar-refractivity contribution is -0.388. The molecule has 0 saturated carbocycles. The Bertz CT molecular complexity index is 2080. The lowest BCUT2D eigenvalue weighted by atomic mass is 10.0. The second-order valence-electron chi connectivity index (χ2n) is 12.5. The Morgan fingerprint density at radius 2 is 1.31 bits per heavy atom. The number of imidazole rings is 2. The number of ketones is 2. The summed E-state index contributed by atoms with van der Waals surface area (Å²) in [6, 6.07) is 5.05. The molecular weight excluding hydrogens is 746 g/mol. The topological polar surface area (TPSA) is 193 Å². The standard InChI is InChI=1S/C20H20F3N3O5.C15H12F3N3O3/c1-19(2,3)31-18(28)25-11-14(24-12-25)5-4-6-15(27)9-13-7-8-17(26(29)30)16(10-13)20(21,22)23;16-15(17,18)13-7-10(4-5-14(13)21(23)24)6-12(22)3-1-2-11-8-19-9-20-11/h4-5,7-8,10-12H,6,9H2,1-3H3;1-2,4-5,7-9H,3,6H2,(H,19,20)/b5-4+;2-1+. The first-order chi connectivity index (χ1) is 25.5. The third kappa shape index (κ3) is 13.8. The van der Waals surface area contributed by atoms with E-state index in [1.54, 1.807) is 39.1 Å². The summed E-state index contributed by atoms with van der Waals surface area (Å²) in [6.45, 7) is 5.16. The molecule has 4 rings (SSSR count). The zero-order valence-corrected chi connectivity index (χ0v) is 29.2. The number of hydrogen-bond acceptors (Lipinski definition) is 10. The van der Waals surface area contributed by atoms with Gasteiger partial charge in [0.05, 0.1) is 33.8 Å². The maximum Gasteiger partial charge on any atom is 0.423 e. The van der Waals surface area contributed by atoms with Crippen LogP contribution in [0.15, 0.2) is 73.6 Å². The van der Waals surface area contributed by atoms with E-state index in [9.17, 15) is 61.0 Å². The number of nitro benzene ring substituents is 2. The monoisotopic (exact) mass is 778 g/mol. The molecule has 292 valence electrons. The zero-order chi connectivity index (χ0) is 41.1. The molecule has 0 spiro atoms. The van der Waals surface area contributed by atoms with Crippen LogP contribution in [0.4, 0.5) is 42.5 Å². The number of benzene rings is 2. The van der Waals surface area contributed by atoms with Gasteiger partial charge in [-0.05, 0) is 56.2 Å². The van der Waals surface area contributed by atoms with E-state index in [1.807, 2.05) is 0 Å². The molecule has 0 aliphatic heterocycles. The maximum absolute atomic E-state index is 13.0. The van der Waals surface area contributed by atoms with Crippen LogP contribution < -0.4 is 0 Å². The molecule has 0 fully saturated rings. The van der Waals surface area contributed by atoms with Crippen LogP contribution in [-0.4, -0.2) is 52.6 Å². The number of H-pyrrole nitrogens is 1. The minimum atomic E-state index is -4.91. The number of ether oxygens (including phenoxy) is 1. The third-order valence-electron chi connectivity index (χ3n) is 6.93. The summed E-state index contributed by atoms with van der Waals surface area (Å²) in [7, 11) is 0. The van der Waals surface area contributed by atoms with Gasteiger partial charge in [-0.25, -0.2) is 19.3 Å². The highest BCUT2D eigenvalue weighted by Gasteiger charge is 2.39. The van der Waals surface area contributed by atoms with Crippen molar-refractivity contribution in [3.8, 4) is 0 Å². The molecule has 2 aromatic heterocycles. The Balaban J connectivity index is 0.000000305. The fraction of sp³-hybridized carbons (Fsp3) is 0.286. The minimum Gasteiger partial charge on any atom is -0.443 e. The molecule has 0 radical (unpaired) electrons. The molecule has 0 atom stereocenters. The molecule has 4 aromatic rings. The van der Waals surface area contributed by atoms with Crippen LogP contribution in [0.3, 0.4) is 0 Å². The number of aromatic nitrogens is 4. The molecule has 14 nitrogen and oxygen atoms in total.